The van der Waals surface area contributed by atoms with E-state index < -0.39 is 0 Å². The molecule has 0 radical (unpaired) electrons. The van der Waals surface area contributed by atoms with Gasteiger partial charge in [0.25, 0.3) is 5.91 Å². The van der Waals surface area contributed by atoms with E-state index in [2.05, 4.69) is 22.9 Å². The van der Waals surface area contributed by atoms with Crippen LogP contribution in [0.25, 0.3) is 0 Å². The van der Waals surface area contributed by atoms with Gasteiger partial charge >= 0.3 is 0 Å². The van der Waals surface area contributed by atoms with Gasteiger partial charge in [0.05, 0.1) is 0 Å². The summed E-state index contributed by atoms with van der Waals surface area (Å²) in [5.74, 6) is 5.27. The molecule has 0 aliphatic rings. The maximum absolute atomic E-state index is 12.5. The van der Waals surface area contributed by atoms with Crippen molar-refractivity contribution in [1.29, 1.82) is 0 Å². The average molecular weight is 283 g/mol. The van der Waals surface area contributed by atoms with Crippen molar-refractivity contribution in [3.05, 3.63) is 58.1 Å². The highest BCUT2D eigenvalue weighted by molar-refractivity contribution is 6.06. The highest BCUT2D eigenvalue weighted by Gasteiger charge is 2.12. The van der Waals surface area contributed by atoms with Crippen molar-refractivity contribution in [1.82, 2.24) is 0 Å². The molecule has 0 fully saturated rings. The molecule has 0 saturated heterocycles. The van der Waals surface area contributed by atoms with Gasteiger partial charge in [-0.15, -0.1) is 0 Å². The molecule has 0 atom stereocenters. The van der Waals surface area contributed by atoms with Crippen LogP contribution in [0.15, 0.2) is 30.3 Å². The molecule has 2 rings (SSSR count). The van der Waals surface area contributed by atoms with E-state index in [-0.39, 0.29) is 5.91 Å². The van der Waals surface area contributed by atoms with Gasteiger partial charge in [0, 0.05) is 16.9 Å². The second-order valence-electron chi connectivity index (χ2n) is 5.40. The number of aryl methyl sites for hydroxylation is 4. The van der Waals surface area contributed by atoms with Crippen molar-refractivity contribution in [3.8, 4) is 0 Å². The minimum Gasteiger partial charge on any atom is -0.324 e. The topological polar surface area (TPSA) is 67.2 Å². The van der Waals surface area contributed by atoms with Gasteiger partial charge in [0.1, 0.15) is 0 Å². The lowest BCUT2D eigenvalue weighted by atomic mass is 10.0. The fourth-order valence-electron chi connectivity index (χ4n) is 2.57. The first-order chi connectivity index (χ1) is 9.92. The summed E-state index contributed by atoms with van der Waals surface area (Å²) in [6.07, 6.45) is 0. The minimum atomic E-state index is -0.105. The fraction of sp³-hybridized carbons (Fsp3) is 0.235. The molecule has 0 aliphatic carbocycles. The van der Waals surface area contributed by atoms with E-state index in [0.29, 0.717) is 5.56 Å². The molecule has 4 N–H and O–H groups in total. The van der Waals surface area contributed by atoms with Crippen molar-refractivity contribution in [2.45, 2.75) is 27.7 Å². The van der Waals surface area contributed by atoms with Gasteiger partial charge in [-0.1, -0.05) is 17.7 Å². The summed E-state index contributed by atoms with van der Waals surface area (Å²) >= 11 is 0. The molecule has 0 spiro atoms. The van der Waals surface area contributed by atoms with E-state index in [0.717, 1.165) is 28.1 Å². The number of nitrogen functional groups attached to an aromatic ring is 1. The third kappa shape index (κ3) is 3.23. The Bertz CT molecular complexity index is 669. The average Bonchev–Trinajstić information content (AvgIpc) is 2.42. The number of nitrogens with one attached hydrogen (secondary N) is 2. The van der Waals surface area contributed by atoms with Crippen molar-refractivity contribution in [2.24, 2.45) is 5.84 Å². The summed E-state index contributed by atoms with van der Waals surface area (Å²) in [6.45, 7) is 7.95. The molecule has 2 aromatic carbocycles. The van der Waals surface area contributed by atoms with Crippen molar-refractivity contribution < 1.29 is 4.79 Å². The number of benzene rings is 2. The van der Waals surface area contributed by atoms with Crippen LogP contribution in [0.4, 0.5) is 11.4 Å². The maximum Gasteiger partial charge on any atom is 0.255 e. The fourth-order valence-corrected chi connectivity index (χ4v) is 2.57. The molecule has 0 unspecified atom stereocenters. The van der Waals surface area contributed by atoms with Gasteiger partial charge in [0.2, 0.25) is 0 Å². The Labute approximate surface area is 125 Å². The van der Waals surface area contributed by atoms with E-state index in [1.807, 2.05) is 33.8 Å². The smallest absolute Gasteiger partial charge is 0.255 e. The maximum atomic E-state index is 12.5. The van der Waals surface area contributed by atoms with Crippen LogP contribution >= 0.6 is 0 Å². The predicted octanol–water partition coefficient (Wildman–Crippen LogP) is 3.46. The number of hydrazine groups is 1. The Morgan fingerprint density at radius 1 is 0.952 bits per heavy atom. The standard InChI is InChI=1S/C17H21N3O/c1-10-7-12(3)16(13(4)8-10)19-17(21)15-6-5-14(20-18)9-11(15)2/h5-9,20H,18H2,1-4H3,(H,19,21). The number of amides is 1. The molecule has 4 heteroatoms. The number of hydrogen-bond acceptors (Lipinski definition) is 3. The number of hydrogen-bond donors (Lipinski definition) is 3. The number of carbonyl (C=O) groups is 1. The molecule has 110 valence electrons. The van der Waals surface area contributed by atoms with Gasteiger partial charge in [0.15, 0.2) is 0 Å². The summed E-state index contributed by atoms with van der Waals surface area (Å²) in [5, 5.41) is 3.01. The summed E-state index contributed by atoms with van der Waals surface area (Å²) in [6, 6.07) is 9.55. The second kappa shape index (κ2) is 5.97. The molecule has 0 saturated carbocycles. The van der Waals surface area contributed by atoms with E-state index in [1.54, 1.807) is 12.1 Å². The zero-order chi connectivity index (χ0) is 15.6. The van der Waals surface area contributed by atoms with Crippen LogP contribution in [0, 0.1) is 27.7 Å². The van der Waals surface area contributed by atoms with E-state index >= 15 is 0 Å². The third-order valence-electron chi connectivity index (χ3n) is 3.55. The van der Waals surface area contributed by atoms with Crippen LogP contribution in [0.5, 0.6) is 0 Å². The molecule has 1 amide bonds. The lowest BCUT2D eigenvalue weighted by Gasteiger charge is -2.14. The molecule has 0 aliphatic heterocycles. The first kappa shape index (κ1) is 15.1. The molecule has 2 aromatic rings. The highest BCUT2D eigenvalue weighted by Crippen LogP contribution is 2.23. The largest absolute Gasteiger partial charge is 0.324 e. The first-order valence-corrected chi connectivity index (χ1v) is 6.89. The summed E-state index contributed by atoms with van der Waals surface area (Å²) in [5.41, 5.74) is 9.10. The van der Waals surface area contributed by atoms with Gasteiger partial charge in [-0.25, -0.2) is 0 Å². The Morgan fingerprint density at radius 2 is 1.57 bits per heavy atom. The Morgan fingerprint density at radius 3 is 2.10 bits per heavy atom. The Balaban J connectivity index is 2.30. The van der Waals surface area contributed by atoms with Crippen molar-refractivity contribution in [3.63, 3.8) is 0 Å². The minimum absolute atomic E-state index is 0.105. The van der Waals surface area contributed by atoms with E-state index in [4.69, 9.17) is 5.84 Å². The van der Waals surface area contributed by atoms with Gasteiger partial charge in [-0.05, 0) is 62.6 Å². The quantitative estimate of drug-likeness (QED) is 0.597. The monoisotopic (exact) mass is 283 g/mol. The van der Waals surface area contributed by atoms with Crippen LogP contribution in [0.2, 0.25) is 0 Å². The molecular weight excluding hydrogens is 262 g/mol. The van der Waals surface area contributed by atoms with Crippen LogP contribution in [0.3, 0.4) is 0 Å². The lowest BCUT2D eigenvalue weighted by molar-refractivity contribution is 0.102. The van der Waals surface area contributed by atoms with E-state index in [9.17, 15) is 4.79 Å². The zero-order valence-corrected chi connectivity index (χ0v) is 12.9. The number of rotatable bonds is 3. The number of anilines is 2. The number of carbonyl (C=O) groups excluding carboxylic acids is 1. The predicted molar refractivity (Wildman–Crippen MR) is 87.6 cm³/mol. The molecule has 21 heavy (non-hydrogen) atoms. The van der Waals surface area contributed by atoms with Gasteiger partial charge < -0.3 is 10.7 Å². The number of nitrogens with two attached hydrogens (primary N) is 1. The first-order valence-electron chi connectivity index (χ1n) is 6.89. The van der Waals surface area contributed by atoms with E-state index in [1.165, 1.54) is 5.56 Å². The lowest BCUT2D eigenvalue weighted by Crippen LogP contribution is -2.16. The molecule has 0 aromatic heterocycles. The molecule has 0 heterocycles. The summed E-state index contributed by atoms with van der Waals surface area (Å²) < 4.78 is 0. The summed E-state index contributed by atoms with van der Waals surface area (Å²) in [4.78, 5) is 12.5. The van der Waals surface area contributed by atoms with Crippen molar-refractivity contribution in [2.75, 3.05) is 10.7 Å². The Kier molecular flexibility index (Phi) is 4.29. The second-order valence-corrected chi connectivity index (χ2v) is 5.40. The molecule has 4 nitrogen and oxygen atoms in total. The summed E-state index contributed by atoms with van der Waals surface area (Å²) in [7, 11) is 0. The zero-order valence-electron chi connectivity index (χ0n) is 12.9. The van der Waals surface area contributed by atoms with Crippen LogP contribution in [-0.2, 0) is 0 Å². The molecule has 0 bridgehead atoms. The SMILES string of the molecule is Cc1cc(C)c(NC(=O)c2ccc(NN)cc2C)c(C)c1. The van der Waals surface area contributed by atoms with Crippen LogP contribution in [0.1, 0.15) is 32.6 Å². The van der Waals surface area contributed by atoms with Crippen molar-refractivity contribution >= 4 is 17.3 Å². The Hall–Kier alpha value is -2.33. The van der Waals surface area contributed by atoms with Crippen LogP contribution < -0.4 is 16.6 Å². The third-order valence-corrected chi connectivity index (χ3v) is 3.55. The van der Waals surface area contributed by atoms with Gasteiger partial charge in [-0.3, -0.25) is 10.6 Å². The normalized spacial score (nSPS) is 10.3. The van der Waals surface area contributed by atoms with Crippen LogP contribution in [-0.4, -0.2) is 5.91 Å². The molecular formula is C17H21N3O. The van der Waals surface area contributed by atoms with Gasteiger partial charge in [-0.2, -0.15) is 0 Å². The highest BCUT2D eigenvalue weighted by atomic mass is 16.1.